The Hall–Kier alpha value is -3.81. The normalized spacial score (nSPS) is 10.3. The van der Waals surface area contributed by atoms with Gasteiger partial charge in [0.2, 0.25) is 11.7 Å². The predicted molar refractivity (Wildman–Crippen MR) is 110 cm³/mol. The van der Waals surface area contributed by atoms with Crippen molar-refractivity contribution < 1.29 is 23.5 Å². The molecular weight excluding hydrogens is 386 g/mol. The quantitative estimate of drug-likeness (QED) is 0.475. The second kappa shape index (κ2) is 10.1. The van der Waals surface area contributed by atoms with Crippen molar-refractivity contribution in [2.45, 2.75) is 6.54 Å². The maximum Gasteiger partial charge on any atom is 0.261 e. The molecular formula is C22H23N3O5. The number of aromatic nitrogens is 2. The molecule has 1 amide bonds. The fourth-order valence-electron chi connectivity index (χ4n) is 2.74. The SMILES string of the molecule is C=CCN(Cc1nc(-c2ccc(OC)c(OC)c2)no1)C(=O)COc1ccccc1. The Labute approximate surface area is 174 Å². The minimum absolute atomic E-state index is 0.103. The van der Waals surface area contributed by atoms with E-state index in [1.54, 1.807) is 50.6 Å². The molecule has 0 aliphatic rings. The van der Waals surface area contributed by atoms with Gasteiger partial charge in [0.1, 0.15) is 12.3 Å². The maximum absolute atomic E-state index is 12.6. The standard InChI is InChI=1S/C22H23N3O5/c1-4-12-25(21(26)15-29-17-8-6-5-7-9-17)14-20-23-22(24-30-20)16-10-11-18(27-2)19(13-16)28-3/h4-11,13H,1,12,14-15H2,2-3H3. The van der Waals surface area contributed by atoms with Gasteiger partial charge in [0.15, 0.2) is 18.1 Å². The molecule has 0 saturated carbocycles. The van der Waals surface area contributed by atoms with Crippen LogP contribution in [0.2, 0.25) is 0 Å². The van der Waals surface area contributed by atoms with E-state index in [0.29, 0.717) is 41.1 Å². The van der Waals surface area contributed by atoms with Crippen LogP contribution in [0.3, 0.4) is 0 Å². The van der Waals surface area contributed by atoms with Crippen LogP contribution in [0.4, 0.5) is 0 Å². The van der Waals surface area contributed by atoms with Gasteiger partial charge in [-0.1, -0.05) is 29.4 Å². The van der Waals surface area contributed by atoms with Gasteiger partial charge >= 0.3 is 0 Å². The van der Waals surface area contributed by atoms with E-state index in [-0.39, 0.29) is 19.1 Å². The van der Waals surface area contributed by atoms with Crippen molar-refractivity contribution in [3.05, 3.63) is 67.1 Å². The Balaban J connectivity index is 1.68. The van der Waals surface area contributed by atoms with Crippen LogP contribution in [-0.2, 0) is 11.3 Å². The monoisotopic (exact) mass is 409 g/mol. The van der Waals surface area contributed by atoms with Crippen molar-refractivity contribution in [3.63, 3.8) is 0 Å². The van der Waals surface area contributed by atoms with Gasteiger partial charge in [-0.3, -0.25) is 4.79 Å². The highest BCUT2D eigenvalue weighted by Crippen LogP contribution is 2.31. The average molecular weight is 409 g/mol. The summed E-state index contributed by atoms with van der Waals surface area (Å²) in [6.07, 6.45) is 1.63. The lowest BCUT2D eigenvalue weighted by atomic mass is 10.2. The lowest BCUT2D eigenvalue weighted by Gasteiger charge is -2.19. The smallest absolute Gasteiger partial charge is 0.261 e. The molecule has 0 atom stereocenters. The highest BCUT2D eigenvalue weighted by atomic mass is 16.5. The molecule has 156 valence electrons. The number of carbonyl (C=O) groups is 1. The van der Waals surface area contributed by atoms with E-state index in [0.717, 1.165) is 0 Å². The van der Waals surface area contributed by atoms with Gasteiger partial charge in [-0.2, -0.15) is 4.98 Å². The van der Waals surface area contributed by atoms with Crippen LogP contribution in [0.5, 0.6) is 17.2 Å². The van der Waals surface area contributed by atoms with Gasteiger partial charge in [0.25, 0.3) is 5.91 Å². The fraction of sp³-hybridized carbons (Fsp3) is 0.227. The molecule has 0 bridgehead atoms. The number of hydrogen-bond donors (Lipinski definition) is 0. The molecule has 2 aromatic carbocycles. The van der Waals surface area contributed by atoms with Gasteiger partial charge in [-0.15, -0.1) is 6.58 Å². The van der Waals surface area contributed by atoms with E-state index in [2.05, 4.69) is 16.7 Å². The summed E-state index contributed by atoms with van der Waals surface area (Å²) in [5.74, 6) is 2.25. The van der Waals surface area contributed by atoms with Crippen LogP contribution < -0.4 is 14.2 Å². The van der Waals surface area contributed by atoms with Gasteiger partial charge in [0.05, 0.1) is 14.2 Å². The number of ether oxygens (including phenoxy) is 3. The van der Waals surface area contributed by atoms with Crippen molar-refractivity contribution in [3.8, 4) is 28.6 Å². The first-order chi connectivity index (χ1) is 14.6. The largest absolute Gasteiger partial charge is 0.493 e. The Kier molecular flexibility index (Phi) is 7.05. The first kappa shape index (κ1) is 20.9. The van der Waals surface area contributed by atoms with Crippen molar-refractivity contribution in [1.82, 2.24) is 15.0 Å². The zero-order chi connectivity index (χ0) is 21.3. The number of hydrogen-bond acceptors (Lipinski definition) is 7. The average Bonchev–Trinajstić information content (AvgIpc) is 3.26. The van der Waals surface area contributed by atoms with Crippen molar-refractivity contribution >= 4 is 5.91 Å². The summed E-state index contributed by atoms with van der Waals surface area (Å²) in [5, 5.41) is 4.01. The Morgan fingerprint density at radius 3 is 2.60 bits per heavy atom. The molecule has 3 aromatic rings. The number of nitrogens with zero attached hydrogens (tertiary/aromatic N) is 3. The Morgan fingerprint density at radius 1 is 1.13 bits per heavy atom. The minimum Gasteiger partial charge on any atom is -0.493 e. The number of methoxy groups -OCH3 is 2. The zero-order valence-electron chi connectivity index (χ0n) is 16.9. The van der Waals surface area contributed by atoms with E-state index in [1.807, 2.05) is 18.2 Å². The third-order valence-electron chi connectivity index (χ3n) is 4.24. The number of carbonyl (C=O) groups excluding carboxylic acids is 1. The molecule has 1 aromatic heterocycles. The number of rotatable bonds is 10. The molecule has 0 aliphatic heterocycles. The number of para-hydroxylation sites is 1. The van der Waals surface area contributed by atoms with Crippen LogP contribution in [0.15, 0.2) is 65.7 Å². The first-order valence-electron chi connectivity index (χ1n) is 9.26. The fourth-order valence-corrected chi connectivity index (χ4v) is 2.74. The molecule has 8 nitrogen and oxygen atoms in total. The second-order valence-corrected chi connectivity index (χ2v) is 6.25. The summed E-state index contributed by atoms with van der Waals surface area (Å²) < 4.78 is 21.4. The predicted octanol–water partition coefficient (Wildman–Crippen LogP) is 3.35. The summed E-state index contributed by atoms with van der Waals surface area (Å²) >= 11 is 0. The van der Waals surface area contributed by atoms with Gasteiger partial charge in [-0.05, 0) is 30.3 Å². The zero-order valence-corrected chi connectivity index (χ0v) is 16.9. The van der Waals surface area contributed by atoms with Gasteiger partial charge in [-0.25, -0.2) is 0 Å². The van der Waals surface area contributed by atoms with E-state index < -0.39 is 0 Å². The van der Waals surface area contributed by atoms with Crippen molar-refractivity contribution in [2.24, 2.45) is 0 Å². The molecule has 0 unspecified atom stereocenters. The minimum atomic E-state index is -0.218. The van der Waals surface area contributed by atoms with E-state index in [4.69, 9.17) is 18.7 Å². The molecule has 30 heavy (non-hydrogen) atoms. The van der Waals surface area contributed by atoms with Crippen LogP contribution >= 0.6 is 0 Å². The Morgan fingerprint density at radius 2 is 1.90 bits per heavy atom. The molecule has 3 rings (SSSR count). The lowest BCUT2D eigenvalue weighted by molar-refractivity contribution is -0.133. The van der Waals surface area contributed by atoms with Gasteiger partial charge < -0.3 is 23.6 Å². The topological polar surface area (TPSA) is 86.9 Å². The van der Waals surface area contributed by atoms with Gasteiger partial charge in [0, 0.05) is 12.1 Å². The molecule has 0 spiro atoms. The first-order valence-corrected chi connectivity index (χ1v) is 9.26. The van der Waals surface area contributed by atoms with Crippen LogP contribution in [0.1, 0.15) is 5.89 Å². The summed E-state index contributed by atoms with van der Waals surface area (Å²) in [4.78, 5) is 18.5. The molecule has 0 fully saturated rings. The number of benzene rings is 2. The third kappa shape index (κ3) is 5.16. The summed E-state index contributed by atoms with van der Waals surface area (Å²) in [6, 6.07) is 14.5. The number of amides is 1. The highest BCUT2D eigenvalue weighted by Gasteiger charge is 2.18. The van der Waals surface area contributed by atoms with Crippen molar-refractivity contribution in [2.75, 3.05) is 27.4 Å². The lowest BCUT2D eigenvalue weighted by Crippen LogP contribution is -2.34. The van der Waals surface area contributed by atoms with Crippen LogP contribution in [0, 0.1) is 0 Å². The molecule has 0 N–H and O–H groups in total. The van der Waals surface area contributed by atoms with Crippen LogP contribution in [-0.4, -0.2) is 48.3 Å². The summed E-state index contributed by atoms with van der Waals surface area (Å²) in [7, 11) is 3.12. The second-order valence-electron chi connectivity index (χ2n) is 6.25. The molecule has 8 heteroatoms. The molecule has 0 radical (unpaired) electrons. The molecule has 1 heterocycles. The third-order valence-corrected chi connectivity index (χ3v) is 4.24. The molecule has 0 saturated heterocycles. The summed E-state index contributed by atoms with van der Waals surface area (Å²) in [6.45, 7) is 4.07. The van der Waals surface area contributed by atoms with E-state index in [1.165, 1.54) is 4.90 Å². The maximum atomic E-state index is 12.6. The van der Waals surface area contributed by atoms with E-state index in [9.17, 15) is 4.79 Å². The Bertz CT molecular complexity index is 987. The summed E-state index contributed by atoms with van der Waals surface area (Å²) in [5.41, 5.74) is 0.705. The van der Waals surface area contributed by atoms with Crippen molar-refractivity contribution in [1.29, 1.82) is 0 Å². The van der Waals surface area contributed by atoms with E-state index >= 15 is 0 Å². The molecule has 0 aliphatic carbocycles. The van der Waals surface area contributed by atoms with Crippen LogP contribution in [0.25, 0.3) is 11.4 Å². The highest BCUT2D eigenvalue weighted by molar-refractivity contribution is 5.77.